The first-order valence-electron chi connectivity index (χ1n) is 15.5. The van der Waals surface area contributed by atoms with Crippen molar-refractivity contribution in [2.45, 2.75) is 52.5 Å². The van der Waals surface area contributed by atoms with Gasteiger partial charge in [-0.05, 0) is 66.8 Å². The van der Waals surface area contributed by atoms with E-state index < -0.39 is 6.09 Å². The normalized spacial score (nSPS) is 10.8. The Bertz CT molecular complexity index is 1640. The number of imidazole rings is 1. The third kappa shape index (κ3) is 9.40. The van der Waals surface area contributed by atoms with Crippen LogP contribution in [0.1, 0.15) is 67.7 Å². The highest BCUT2D eigenvalue weighted by Gasteiger charge is 2.21. The Morgan fingerprint density at radius 3 is 2.50 bits per heavy atom. The van der Waals surface area contributed by atoms with Crippen molar-refractivity contribution in [3.05, 3.63) is 83.8 Å². The Morgan fingerprint density at radius 2 is 1.78 bits per heavy atom. The number of nitrogens with zero attached hydrogens (tertiary/aromatic N) is 4. The minimum atomic E-state index is -0.624. The average molecular weight is 644 g/mol. The molecule has 11 nitrogen and oxygen atoms in total. The summed E-state index contributed by atoms with van der Waals surface area (Å²) in [5.41, 5.74) is 3.38. The number of pyridine rings is 1. The summed E-state index contributed by atoms with van der Waals surface area (Å²) >= 11 is 1.25. The summed E-state index contributed by atoms with van der Waals surface area (Å²) in [4.78, 5) is 48.5. The van der Waals surface area contributed by atoms with E-state index in [2.05, 4.69) is 22.5 Å². The van der Waals surface area contributed by atoms with Gasteiger partial charge in [-0.2, -0.15) is 0 Å². The topological polar surface area (TPSA) is 142 Å². The molecule has 46 heavy (non-hydrogen) atoms. The number of fused-ring (bicyclic) bond motifs is 1. The number of amidine groups is 1. The van der Waals surface area contributed by atoms with Gasteiger partial charge in [0.25, 0.3) is 5.91 Å². The summed E-state index contributed by atoms with van der Waals surface area (Å²) in [6.07, 6.45) is 5.27. The molecule has 0 spiro atoms. The van der Waals surface area contributed by atoms with Gasteiger partial charge in [-0.3, -0.25) is 25.2 Å². The van der Waals surface area contributed by atoms with Crippen LogP contribution in [0.4, 0.5) is 16.3 Å². The lowest BCUT2D eigenvalue weighted by atomic mass is 10.1. The molecular formula is C34H41N7O4S. The SMILES string of the molecule is CCCCCCOC(=O)NC(=N)c1ccc(NCc2nc3cc(C(=O)N(CCC(=O)SCC)c4ccccn4)ccc3n2C)cc1. The number of anilines is 2. The number of thioether (sulfide) groups is 1. The highest BCUT2D eigenvalue weighted by atomic mass is 32.2. The largest absolute Gasteiger partial charge is 0.449 e. The molecule has 2 amide bonds. The van der Waals surface area contributed by atoms with Crippen LogP contribution in [-0.2, 0) is 23.1 Å². The number of nitrogens with one attached hydrogen (secondary N) is 3. The summed E-state index contributed by atoms with van der Waals surface area (Å²) in [7, 11) is 1.92. The molecule has 0 aliphatic carbocycles. The molecule has 0 atom stereocenters. The Morgan fingerprint density at radius 1 is 1.00 bits per heavy atom. The van der Waals surface area contributed by atoms with Gasteiger partial charge in [-0.15, -0.1) is 0 Å². The van der Waals surface area contributed by atoms with Gasteiger partial charge in [0.2, 0.25) is 0 Å². The Kier molecular flexibility index (Phi) is 12.7. The predicted molar refractivity (Wildman–Crippen MR) is 184 cm³/mol. The molecule has 0 fully saturated rings. The number of carbonyl (C=O) groups is 3. The molecule has 12 heteroatoms. The molecule has 2 aromatic carbocycles. The van der Waals surface area contributed by atoms with Crippen LogP contribution in [0.2, 0.25) is 0 Å². The van der Waals surface area contributed by atoms with Gasteiger partial charge in [0.1, 0.15) is 17.5 Å². The van der Waals surface area contributed by atoms with Crippen LogP contribution in [0.25, 0.3) is 11.0 Å². The van der Waals surface area contributed by atoms with E-state index in [-0.39, 0.29) is 29.8 Å². The van der Waals surface area contributed by atoms with Crippen molar-refractivity contribution in [3.63, 3.8) is 0 Å². The Hall–Kier alpha value is -4.71. The number of amides is 2. The van der Waals surface area contributed by atoms with E-state index in [1.807, 2.05) is 42.8 Å². The molecule has 3 N–H and O–H groups in total. The van der Waals surface area contributed by atoms with E-state index in [0.717, 1.165) is 42.7 Å². The van der Waals surface area contributed by atoms with Gasteiger partial charge in [-0.25, -0.2) is 14.8 Å². The number of hydrogen-bond acceptors (Lipinski definition) is 9. The van der Waals surface area contributed by atoms with Gasteiger partial charge in [0, 0.05) is 43.0 Å². The summed E-state index contributed by atoms with van der Waals surface area (Å²) in [5, 5.41) is 14.0. The molecule has 0 unspecified atom stereocenters. The molecule has 0 aliphatic rings. The fourth-order valence-electron chi connectivity index (χ4n) is 4.81. The third-order valence-corrected chi connectivity index (χ3v) is 8.13. The minimum absolute atomic E-state index is 0.0288. The smallest absolute Gasteiger partial charge is 0.412 e. The molecule has 2 heterocycles. The molecular weight excluding hydrogens is 602 g/mol. The van der Waals surface area contributed by atoms with Gasteiger partial charge in [-0.1, -0.05) is 50.9 Å². The zero-order valence-electron chi connectivity index (χ0n) is 26.5. The second-order valence-corrected chi connectivity index (χ2v) is 11.9. The molecule has 0 bridgehead atoms. The monoisotopic (exact) mass is 643 g/mol. The van der Waals surface area contributed by atoms with E-state index >= 15 is 0 Å². The lowest BCUT2D eigenvalue weighted by Gasteiger charge is -2.21. The summed E-state index contributed by atoms with van der Waals surface area (Å²) in [5.74, 6) is 1.67. The van der Waals surface area contributed by atoms with Crippen LogP contribution in [0.3, 0.4) is 0 Å². The van der Waals surface area contributed by atoms with E-state index in [0.29, 0.717) is 41.4 Å². The molecule has 0 saturated heterocycles. The highest BCUT2D eigenvalue weighted by molar-refractivity contribution is 8.13. The number of ether oxygens (including phenoxy) is 1. The maximum atomic E-state index is 13.7. The second-order valence-electron chi connectivity index (χ2n) is 10.6. The van der Waals surface area contributed by atoms with Crippen LogP contribution >= 0.6 is 11.8 Å². The third-order valence-electron chi connectivity index (χ3n) is 7.32. The van der Waals surface area contributed by atoms with Gasteiger partial charge >= 0.3 is 6.09 Å². The summed E-state index contributed by atoms with van der Waals surface area (Å²) < 4.78 is 7.13. The van der Waals surface area contributed by atoms with E-state index in [1.54, 1.807) is 42.6 Å². The fourth-order valence-corrected chi connectivity index (χ4v) is 5.36. The first-order chi connectivity index (χ1) is 22.3. The van der Waals surface area contributed by atoms with Gasteiger partial charge in [0.15, 0.2) is 5.12 Å². The molecule has 2 aromatic heterocycles. The maximum Gasteiger partial charge on any atom is 0.412 e. The Labute approximate surface area is 273 Å². The van der Waals surface area contributed by atoms with Crippen molar-refractivity contribution >= 4 is 57.3 Å². The average Bonchev–Trinajstić information content (AvgIpc) is 3.38. The van der Waals surface area contributed by atoms with Gasteiger partial charge < -0.3 is 14.6 Å². The van der Waals surface area contributed by atoms with Crippen molar-refractivity contribution in [2.75, 3.05) is 29.1 Å². The molecule has 0 saturated carbocycles. The number of hydrogen-bond donors (Lipinski definition) is 3. The first-order valence-corrected chi connectivity index (χ1v) is 16.5. The summed E-state index contributed by atoms with van der Waals surface area (Å²) in [6, 6.07) is 17.9. The van der Waals surface area contributed by atoms with Crippen LogP contribution < -0.4 is 15.5 Å². The summed E-state index contributed by atoms with van der Waals surface area (Å²) in [6.45, 7) is 5.04. The van der Waals surface area contributed by atoms with Crippen LogP contribution in [-0.4, -0.2) is 56.4 Å². The number of aryl methyl sites for hydroxylation is 1. The lowest BCUT2D eigenvalue weighted by molar-refractivity contribution is -0.110. The van der Waals surface area contributed by atoms with E-state index in [4.69, 9.17) is 15.1 Å². The van der Waals surface area contributed by atoms with Crippen molar-refractivity contribution in [2.24, 2.45) is 7.05 Å². The zero-order chi connectivity index (χ0) is 32.9. The molecule has 0 radical (unpaired) electrons. The lowest BCUT2D eigenvalue weighted by Crippen LogP contribution is -2.33. The Balaban J connectivity index is 1.38. The quantitative estimate of drug-likeness (QED) is 0.0754. The van der Waals surface area contributed by atoms with E-state index in [1.165, 1.54) is 16.7 Å². The van der Waals surface area contributed by atoms with Gasteiger partial charge in [0.05, 0.1) is 24.2 Å². The van der Waals surface area contributed by atoms with Crippen molar-refractivity contribution in [3.8, 4) is 0 Å². The number of alkyl carbamates (subject to hydrolysis) is 1. The number of unbranched alkanes of at least 4 members (excludes halogenated alkanes) is 3. The molecule has 4 rings (SSSR count). The molecule has 4 aromatic rings. The first kappa shape index (κ1) is 34.2. The standard InChI is InChI=1S/C34H41N7O4S/c1-4-6-7-10-21-45-34(44)39-32(35)24-12-15-26(16-13-24)37-23-30-38-27-22-25(14-17-28(27)40(30)3)33(43)41(20-18-31(42)46-5-2)29-11-8-9-19-36-29/h8-9,11-17,19,22,37H,4-7,10,18,20-21,23H2,1-3H3,(H2,35,39,44). The predicted octanol–water partition coefficient (Wildman–Crippen LogP) is 6.53. The van der Waals surface area contributed by atoms with Crippen molar-refractivity contribution in [1.29, 1.82) is 5.41 Å². The molecule has 0 aliphatic heterocycles. The number of aromatic nitrogens is 3. The van der Waals surface area contributed by atoms with Crippen LogP contribution in [0, 0.1) is 5.41 Å². The van der Waals surface area contributed by atoms with Crippen LogP contribution in [0.5, 0.6) is 0 Å². The minimum Gasteiger partial charge on any atom is -0.449 e. The maximum absolute atomic E-state index is 13.7. The number of benzene rings is 2. The zero-order valence-corrected chi connectivity index (χ0v) is 27.4. The number of carbonyl (C=O) groups excluding carboxylic acids is 3. The fraction of sp³-hybridized carbons (Fsp3) is 0.353. The van der Waals surface area contributed by atoms with Crippen molar-refractivity contribution in [1.82, 2.24) is 19.9 Å². The van der Waals surface area contributed by atoms with Crippen molar-refractivity contribution < 1.29 is 19.1 Å². The number of rotatable bonds is 15. The van der Waals surface area contributed by atoms with Crippen LogP contribution in [0.15, 0.2) is 66.9 Å². The van der Waals surface area contributed by atoms with E-state index in [9.17, 15) is 14.4 Å². The molecule has 242 valence electrons. The highest BCUT2D eigenvalue weighted by Crippen LogP contribution is 2.22. The second kappa shape index (κ2) is 17.1.